The standard InChI is InChI=1S/C25H29ClN4O3S/c1-32-21-10-8-18(9-11-21)24-28-23(33-29-24)16-30-13-4-6-19(15-30)25(31)27-12-14-34-17-20-5-2-3-7-22(20)26/h2-3,5,7-11,19H,4,6,12-17H2,1H3,(H,27,31). The lowest BCUT2D eigenvalue weighted by Gasteiger charge is -2.30. The summed E-state index contributed by atoms with van der Waals surface area (Å²) in [6.07, 6.45) is 1.87. The Balaban J connectivity index is 1.20. The number of hydrogen-bond acceptors (Lipinski definition) is 7. The normalized spacial score (nSPS) is 16.4. The molecule has 9 heteroatoms. The van der Waals surface area contributed by atoms with E-state index in [1.165, 1.54) is 0 Å². The van der Waals surface area contributed by atoms with Crippen molar-refractivity contribution in [1.82, 2.24) is 20.4 Å². The van der Waals surface area contributed by atoms with Crippen molar-refractivity contribution in [2.24, 2.45) is 5.92 Å². The molecule has 3 aromatic rings. The maximum atomic E-state index is 12.7. The summed E-state index contributed by atoms with van der Waals surface area (Å²) in [7, 11) is 1.63. The van der Waals surface area contributed by atoms with Gasteiger partial charge in [-0.2, -0.15) is 16.7 Å². The second-order valence-electron chi connectivity index (χ2n) is 8.25. The molecule has 180 valence electrons. The maximum Gasteiger partial charge on any atom is 0.241 e. The number of halogens is 1. The molecule has 1 atom stereocenters. The van der Waals surface area contributed by atoms with Gasteiger partial charge in [-0.25, -0.2) is 0 Å². The van der Waals surface area contributed by atoms with Crippen LogP contribution in [-0.2, 0) is 17.1 Å². The molecule has 2 aromatic carbocycles. The van der Waals surface area contributed by atoms with Gasteiger partial charge in [0.15, 0.2) is 0 Å². The number of aromatic nitrogens is 2. The highest BCUT2D eigenvalue weighted by molar-refractivity contribution is 7.98. The van der Waals surface area contributed by atoms with E-state index in [2.05, 4.69) is 20.4 Å². The van der Waals surface area contributed by atoms with E-state index in [4.69, 9.17) is 20.9 Å². The van der Waals surface area contributed by atoms with Crippen LogP contribution in [0.1, 0.15) is 24.3 Å². The largest absolute Gasteiger partial charge is 0.497 e. The molecule has 1 amide bonds. The van der Waals surface area contributed by atoms with Crippen LogP contribution in [0.15, 0.2) is 53.1 Å². The lowest BCUT2D eigenvalue weighted by Crippen LogP contribution is -2.43. The summed E-state index contributed by atoms with van der Waals surface area (Å²) in [5, 5.41) is 7.99. The number of likely N-dealkylation sites (tertiary alicyclic amines) is 1. The number of nitrogens with zero attached hydrogens (tertiary/aromatic N) is 3. The number of methoxy groups -OCH3 is 1. The lowest BCUT2D eigenvalue weighted by atomic mass is 9.97. The third kappa shape index (κ3) is 6.74. The minimum Gasteiger partial charge on any atom is -0.497 e. The molecule has 7 nitrogen and oxygen atoms in total. The number of rotatable bonds is 10. The molecule has 1 unspecified atom stereocenters. The number of carbonyl (C=O) groups is 1. The number of carbonyl (C=O) groups excluding carboxylic acids is 1. The second kappa shape index (κ2) is 12.2. The molecule has 1 fully saturated rings. The van der Waals surface area contributed by atoms with Gasteiger partial charge in [0.2, 0.25) is 17.6 Å². The Morgan fingerprint density at radius 3 is 2.88 bits per heavy atom. The zero-order chi connectivity index (χ0) is 23.8. The summed E-state index contributed by atoms with van der Waals surface area (Å²) in [6.45, 7) is 2.80. The van der Waals surface area contributed by atoms with Crippen molar-refractivity contribution in [3.05, 3.63) is 65.0 Å². The number of amides is 1. The molecular formula is C25H29ClN4O3S. The van der Waals surface area contributed by atoms with Crippen molar-refractivity contribution in [2.45, 2.75) is 25.1 Å². The highest BCUT2D eigenvalue weighted by atomic mass is 35.5. The van der Waals surface area contributed by atoms with Gasteiger partial charge in [0.25, 0.3) is 0 Å². The Morgan fingerprint density at radius 1 is 1.26 bits per heavy atom. The van der Waals surface area contributed by atoms with E-state index in [-0.39, 0.29) is 11.8 Å². The number of thioether (sulfide) groups is 1. The fourth-order valence-electron chi connectivity index (χ4n) is 3.97. The van der Waals surface area contributed by atoms with E-state index in [1.54, 1.807) is 18.9 Å². The summed E-state index contributed by atoms with van der Waals surface area (Å²) in [5.41, 5.74) is 2.00. The van der Waals surface area contributed by atoms with Gasteiger partial charge in [0.1, 0.15) is 5.75 Å². The van der Waals surface area contributed by atoms with E-state index >= 15 is 0 Å². The molecule has 4 rings (SSSR count). The zero-order valence-corrected chi connectivity index (χ0v) is 20.8. The smallest absolute Gasteiger partial charge is 0.241 e. The number of hydrogen-bond donors (Lipinski definition) is 1. The predicted octanol–water partition coefficient (Wildman–Crippen LogP) is 4.66. The lowest BCUT2D eigenvalue weighted by molar-refractivity contribution is -0.126. The van der Waals surface area contributed by atoms with Crippen LogP contribution in [0.4, 0.5) is 0 Å². The van der Waals surface area contributed by atoms with Gasteiger partial charge >= 0.3 is 0 Å². The Labute approximate surface area is 209 Å². The molecule has 0 aliphatic carbocycles. The highest BCUT2D eigenvalue weighted by Gasteiger charge is 2.26. The van der Waals surface area contributed by atoms with Crippen molar-refractivity contribution in [3.63, 3.8) is 0 Å². The molecular weight excluding hydrogens is 472 g/mol. The highest BCUT2D eigenvalue weighted by Crippen LogP contribution is 2.23. The maximum absolute atomic E-state index is 12.7. The van der Waals surface area contributed by atoms with Crippen LogP contribution in [0.2, 0.25) is 5.02 Å². The van der Waals surface area contributed by atoms with Gasteiger partial charge in [0.05, 0.1) is 19.6 Å². The number of nitrogens with one attached hydrogen (secondary N) is 1. The van der Waals surface area contributed by atoms with E-state index in [0.29, 0.717) is 31.3 Å². The Bertz CT molecular complexity index is 1080. The van der Waals surface area contributed by atoms with E-state index in [1.807, 2.05) is 48.5 Å². The minimum atomic E-state index is -0.0219. The summed E-state index contributed by atoms with van der Waals surface area (Å²) in [4.78, 5) is 19.4. The average molecular weight is 501 g/mol. The van der Waals surface area contributed by atoms with Crippen molar-refractivity contribution >= 4 is 29.3 Å². The fraction of sp³-hybridized carbons (Fsp3) is 0.400. The van der Waals surface area contributed by atoms with Gasteiger partial charge in [-0.1, -0.05) is 35.0 Å². The first-order valence-corrected chi connectivity index (χ1v) is 12.9. The van der Waals surface area contributed by atoms with Gasteiger partial charge in [-0.3, -0.25) is 9.69 Å². The van der Waals surface area contributed by atoms with Crippen LogP contribution in [0, 0.1) is 5.92 Å². The van der Waals surface area contributed by atoms with Crippen LogP contribution in [-0.4, -0.2) is 53.4 Å². The monoisotopic (exact) mass is 500 g/mol. The number of piperidine rings is 1. The van der Waals surface area contributed by atoms with Gasteiger partial charge in [0, 0.05) is 35.2 Å². The van der Waals surface area contributed by atoms with Crippen LogP contribution in [0.3, 0.4) is 0 Å². The third-order valence-electron chi connectivity index (χ3n) is 5.81. The van der Waals surface area contributed by atoms with Crippen molar-refractivity contribution in [2.75, 3.05) is 32.5 Å². The molecule has 0 radical (unpaired) electrons. The van der Waals surface area contributed by atoms with Gasteiger partial charge in [-0.05, 0) is 55.3 Å². The Hall–Kier alpha value is -2.55. The topological polar surface area (TPSA) is 80.5 Å². The van der Waals surface area contributed by atoms with Crippen molar-refractivity contribution < 1.29 is 14.1 Å². The SMILES string of the molecule is COc1ccc(-c2noc(CN3CCCC(C(=O)NCCSCc4ccccc4Cl)C3)n2)cc1. The van der Waals surface area contributed by atoms with E-state index in [9.17, 15) is 4.79 Å². The number of ether oxygens (including phenoxy) is 1. The van der Waals surface area contributed by atoms with Crippen LogP contribution in [0.5, 0.6) is 5.75 Å². The Kier molecular flexibility index (Phi) is 8.85. The molecule has 1 aliphatic rings. The molecule has 34 heavy (non-hydrogen) atoms. The first-order valence-electron chi connectivity index (χ1n) is 11.4. The first kappa shape index (κ1) is 24.6. The summed E-state index contributed by atoms with van der Waals surface area (Å²) in [6, 6.07) is 15.4. The molecule has 0 saturated carbocycles. The molecule has 1 N–H and O–H groups in total. The van der Waals surface area contributed by atoms with E-state index < -0.39 is 0 Å². The van der Waals surface area contributed by atoms with Gasteiger partial charge < -0.3 is 14.6 Å². The number of benzene rings is 2. The molecule has 2 heterocycles. The average Bonchev–Trinajstić information content (AvgIpc) is 3.33. The van der Waals surface area contributed by atoms with Crippen LogP contribution in [0.25, 0.3) is 11.4 Å². The summed E-state index contributed by atoms with van der Waals surface area (Å²) in [5.74, 6) is 3.68. The summed E-state index contributed by atoms with van der Waals surface area (Å²) >= 11 is 7.97. The first-order chi connectivity index (χ1) is 16.6. The fourth-order valence-corrected chi connectivity index (χ4v) is 5.11. The zero-order valence-electron chi connectivity index (χ0n) is 19.2. The Morgan fingerprint density at radius 2 is 2.09 bits per heavy atom. The van der Waals surface area contributed by atoms with Crippen LogP contribution >= 0.6 is 23.4 Å². The molecule has 1 saturated heterocycles. The van der Waals surface area contributed by atoms with Crippen molar-refractivity contribution in [3.8, 4) is 17.1 Å². The third-order valence-corrected chi connectivity index (χ3v) is 7.19. The predicted molar refractivity (Wildman–Crippen MR) is 135 cm³/mol. The summed E-state index contributed by atoms with van der Waals surface area (Å²) < 4.78 is 10.7. The second-order valence-corrected chi connectivity index (χ2v) is 9.76. The molecule has 1 aromatic heterocycles. The van der Waals surface area contributed by atoms with Gasteiger partial charge in [-0.15, -0.1) is 0 Å². The van der Waals surface area contributed by atoms with E-state index in [0.717, 1.165) is 52.8 Å². The van der Waals surface area contributed by atoms with Crippen molar-refractivity contribution in [1.29, 1.82) is 0 Å². The quantitative estimate of drug-likeness (QED) is 0.405. The molecule has 0 bridgehead atoms. The van der Waals surface area contributed by atoms with Crippen LogP contribution < -0.4 is 10.1 Å². The molecule has 1 aliphatic heterocycles. The molecule has 0 spiro atoms. The minimum absolute atomic E-state index is 0.0219.